The van der Waals surface area contributed by atoms with Crippen LogP contribution in [0.25, 0.3) is 0 Å². The van der Waals surface area contributed by atoms with E-state index in [1.807, 2.05) is 24.3 Å². The number of benzene rings is 1. The van der Waals surface area contributed by atoms with Gasteiger partial charge < -0.3 is 25.2 Å². The topological polar surface area (TPSA) is 62.8 Å². The van der Waals surface area contributed by atoms with Gasteiger partial charge in [0.05, 0.1) is 26.4 Å². The van der Waals surface area contributed by atoms with E-state index in [9.17, 15) is 5.11 Å². The number of morpholine rings is 1. The first-order chi connectivity index (χ1) is 11.3. The van der Waals surface area contributed by atoms with Gasteiger partial charge >= 0.3 is 0 Å². The van der Waals surface area contributed by atoms with Crippen LogP contribution in [0.15, 0.2) is 24.3 Å². The van der Waals surface area contributed by atoms with Crippen molar-refractivity contribution in [2.75, 3.05) is 33.4 Å². The van der Waals surface area contributed by atoms with Crippen LogP contribution in [-0.2, 0) is 4.74 Å². The lowest BCUT2D eigenvalue weighted by atomic mass is 9.93. The van der Waals surface area contributed by atoms with E-state index >= 15 is 0 Å². The number of nitrogens with one attached hydrogen (secondary N) is 2. The Morgan fingerprint density at radius 1 is 1.39 bits per heavy atom. The molecule has 2 fully saturated rings. The Hall–Kier alpha value is -1.14. The van der Waals surface area contributed by atoms with E-state index in [1.165, 1.54) is 19.3 Å². The molecule has 3 N–H and O–H groups in total. The van der Waals surface area contributed by atoms with Crippen LogP contribution < -0.4 is 15.4 Å². The Balaban J connectivity index is 1.56. The van der Waals surface area contributed by atoms with Gasteiger partial charge in [-0.1, -0.05) is 24.6 Å². The number of ether oxygens (including phenoxy) is 2. The van der Waals surface area contributed by atoms with Gasteiger partial charge in [0, 0.05) is 30.7 Å². The fourth-order valence-corrected chi connectivity index (χ4v) is 3.90. The van der Waals surface area contributed by atoms with Crippen molar-refractivity contribution in [1.29, 1.82) is 0 Å². The summed E-state index contributed by atoms with van der Waals surface area (Å²) in [4.78, 5) is 0. The molecule has 0 bridgehead atoms. The molecule has 0 amide bonds. The molecule has 0 aromatic heterocycles. The number of hydrogen-bond acceptors (Lipinski definition) is 5. The van der Waals surface area contributed by atoms with Crippen LogP contribution in [0.2, 0.25) is 0 Å². The van der Waals surface area contributed by atoms with Crippen molar-refractivity contribution in [2.45, 2.75) is 37.5 Å². The van der Waals surface area contributed by atoms with Gasteiger partial charge in [-0.25, -0.2) is 0 Å². The molecule has 1 aliphatic carbocycles. The van der Waals surface area contributed by atoms with Crippen LogP contribution in [0.5, 0.6) is 5.75 Å². The summed E-state index contributed by atoms with van der Waals surface area (Å²) < 4.78 is 11.0. The highest BCUT2D eigenvalue weighted by Gasteiger charge is 2.34. The lowest BCUT2D eigenvalue weighted by Gasteiger charge is -2.33. The van der Waals surface area contributed by atoms with Crippen molar-refractivity contribution < 1.29 is 14.6 Å². The quantitative estimate of drug-likeness (QED) is 0.741. The Labute approximate surface area is 138 Å². The number of hydrogen-bond donors (Lipinski definition) is 3. The fourth-order valence-electron chi connectivity index (χ4n) is 3.90. The molecular formula is C18H28N2O3. The van der Waals surface area contributed by atoms with Gasteiger partial charge in [-0.3, -0.25) is 0 Å². The first-order valence-electron chi connectivity index (χ1n) is 8.65. The predicted molar refractivity (Wildman–Crippen MR) is 89.7 cm³/mol. The van der Waals surface area contributed by atoms with Gasteiger partial charge in [-0.05, 0) is 24.8 Å². The average molecular weight is 320 g/mol. The summed E-state index contributed by atoms with van der Waals surface area (Å²) in [5, 5.41) is 17.7. The van der Waals surface area contributed by atoms with Gasteiger partial charge in [0.15, 0.2) is 0 Å². The van der Waals surface area contributed by atoms with Crippen molar-refractivity contribution in [2.24, 2.45) is 5.92 Å². The van der Waals surface area contributed by atoms with Gasteiger partial charge in [0.2, 0.25) is 0 Å². The Bertz CT molecular complexity index is 491. The third kappa shape index (κ3) is 4.04. The molecule has 5 heteroatoms. The summed E-state index contributed by atoms with van der Waals surface area (Å²) in [6.45, 7) is 3.11. The molecule has 2 aliphatic rings. The number of para-hydroxylation sites is 1. The monoisotopic (exact) mass is 320 g/mol. The molecule has 23 heavy (non-hydrogen) atoms. The first-order valence-corrected chi connectivity index (χ1v) is 8.65. The maximum atomic E-state index is 10.5. The molecule has 128 valence electrons. The molecule has 4 atom stereocenters. The third-order valence-electron chi connectivity index (χ3n) is 5.11. The molecule has 5 nitrogen and oxygen atoms in total. The van der Waals surface area contributed by atoms with E-state index in [4.69, 9.17) is 9.47 Å². The summed E-state index contributed by atoms with van der Waals surface area (Å²) in [5.41, 5.74) is 0.844. The maximum Gasteiger partial charge on any atom is 0.124 e. The minimum Gasteiger partial charge on any atom is -0.496 e. The van der Waals surface area contributed by atoms with Crippen molar-refractivity contribution in [3.05, 3.63) is 29.8 Å². The molecule has 1 aromatic carbocycles. The molecule has 1 aliphatic heterocycles. The van der Waals surface area contributed by atoms with Gasteiger partial charge in [0.1, 0.15) is 5.75 Å². The summed E-state index contributed by atoms with van der Waals surface area (Å²) in [7, 11) is 1.64. The molecule has 1 saturated heterocycles. The van der Waals surface area contributed by atoms with Crippen LogP contribution in [0.1, 0.15) is 30.9 Å². The highest BCUT2D eigenvalue weighted by atomic mass is 16.5. The lowest BCUT2D eigenvalue weighted by Crippen LogP contribution is -2.51. The second kappa shape index (κ2) is 8.11. The number of aliphatic hydroxyl groups is 1. The van der Waals surface area contributed by atoms with Gasteiger partial charge in [0.25, 0.3) is 0 Å². The SMILES string of the molecule is COc1ccccc1C(O)CNC1CCCC1C1COCCN1. The second-order valence-electron chi connectivity index (χ2n) is 6.50. The van der Waals surface area contributed by atoms with Crippen molar-refractivity contribution in [1.82, 2.24) is 10.6 Å². The van der Waals surface area contributed by atoms with E-state index in [1.54, 1.807) is 7.11 Å². The van der Waals surface area contributed by atoms with Crippen LogP contribution in [-0.4, -0.2) is 50.6 Å². The van der Waals surface area contributed by atoms with E-state index in [2.05, 4.69) is 10.6 Å². The van der Waals surface area contributed by atoms with Crippen LogP contribution in [0.4, 0.5) is 0 Å². The molecule has 4 unspecified atom stereocenters. The van der Waals surface area contributed by atoms with E-state index in [0.29, 0.717) is 24.5 Å². The summed E-state index contributed by atoms with van der Waals surface area (Å²) in [6, 6.07) is 8.55. The zero-order valence-electron chi connectivity index (χ0n) is 13.8. The smallest absolute Gasteiger partial charge is 0.124 e. The average Bonchev–Trinajstić information content (AvgIpc) is 3.09. The zero-order chi connectivity index (χ0) is 16.1. The molecule has 1 heterocycles. The summed E-state index contributed by atoms with van der Waals surface area (Å²) in [6.07, 6.45) is 3.08. The number of aliphatic hydroxyl groups excluding tert-OH is 1. The maximum absolute atomic E-state index is 10.5. The van der Waals surface area contributed by atoms with E-state index in [-0.39, 0.29) is 0 Å². The predicted octanol–water partition coefficient (Wildman–Crippen LogP) is 1.48. The largest absolute Gasteiger partial charge is 0.496 e. The fraction of sp³-hybridized carbons (Fsp3) is 0.667. The molecule has 0 spiro atoms. The van der Waals surface area contributed by atoms with Crippen molar-refractivity contribution >= 4 is 0 Å². The van der Waals surface area contributed by atoms with Crippen molar-refractivity contribution in [3.8, 4) is 5.75 Å². The highest BCUT2D eigenvalue weighted by Crippen LogP contribution is 2.30. The third-order valence-corrected chi connectivity index (χ3v) is 5.11. The second-order valence-corrected chi connectivity index (χ2v) is 6.50. The molecular weight excluding hydrogens is 292 g/mol. The molecule has 1 saturated carbocycles. The molecule has 1 aromatic rings. The van der Waals surface area contributed by atoms with Gasteiger partial charge in [-0.2, -0.15) is 0 Å². The standard InChI is InChI=1S/C18H28N2O3/c1-22-18-8-3-2-5-14(18)17(21)11-20-15-7-4-6-13(15)16-12-23-10-9-19-16/h2-3,5,8,13,15-17,19-21H,4,6-7,9-12H2,1H3. The van der Waals surface area contributed by atoms with E-state index < -0.39 is 6.10 Å². The number of methoxy groups -OCH3 is 1. The summed E-state index contributed by atoms with van der Waals surface area (Å²) in [5.74, 6) is 1.33. The summed E-state index contributed by atoms with van der Waals surface area (Å²) >= 11 is 0. The normalized spacial score (nSPS) is 29.4. The molecule has 0 radical (unpaired) electrons. The Morgan fingerprint density at radius 3 is 3.04 bits per heavy atom. The van der Waals surface area contributed by atoms with E-state index in [0.717, 1.165) is 31.1 Å². The zero-order valence-corrected chi connectivity index (χ0v) is 13.8. The van der Waals surface area contributed by atoms with Crippen LogP contribution in [0, 0.1) is 5.92 Å². The van der Waals surface area contributed by atoms with Crippen LogP contribution in [0.3, 0.4) is 0 Å². The minimum absolute atomic E-state index is 0.437. The highest BCUT2D eigenvalue weighted by molar-refractivity contribution is 5.35. The lowest BCUT2D eigenvalue weighted by molar-refractivity contribution is 0.0512. The van der Waals surface area contributed by atoms with Crippen LogP contribution >= 0.6 is 0 Å². The molecule has 3 rings (SSSR count). The first kappa shape index (κ1) is 16.7. The van der Waals surface area contributed by atoms with Gasteiger partial charge in [-0.15, -0.1) is 0 Å². The Morgan fingerprint density at radius 2 is 2.26 bits per heavy atom. The number of rotatable bonds is 6. The van der Waals surface area contributed by atoms with Crippen molar-refractivity contribution in [3.63, 3.8) is 0 Å². The Kier molecular flexibility index (Phi) is 5.89. The minimum atomic E-state index is -0.553.